The van der Waals surface area contributed by atoms with Crippen LogP contribution in [-0.2, 0) is 5.75 Å². The fourth-order valence-electron chi connectivity index (χ4n) is 1.40. The molecule has 1 rings (SSSR count). The first kappa shape index (κ1) is 14.0. The van der Waals surface area contributed by atoms with Crippen molar-refractivity contribution in [3.05, 3.63) is 29.3 Å². The minimum Gasteiger partial charge on any atom is -0.496 e. The number of aliphatic hydroxyl groups excluding tert-OH is 1. The Labute approximate surface area is 107 Å². The third-order valence-corrected chi connectivity index (χ3v) is 3.13. The number of thioether (sulfide) groups is 1. The van der Waals surface area contributed by atoms with Crippen LogP contribution in [0.25, 0.3) is 0 Å². The predicted octanol–water partition coefficient (Wildman–Crippen LogP) is 2.68. The van der Waals surface area contributed by atoms with Crippen LogP contribution in [0.1, 0.15) is 24.5 Å². The van der Waals surface area contributed by atoms with Gasteiger partial charge in [0, 0.05) is 23.3 Å². The first-order valence-corrected chi connectivity index (χ1v) is 6.81. The number of hydrogen-bond acceptors (Lipinski definition) is 3. The lowest BCUT2D eigenvalue weighted by Gasteiger charge is -2.08. The Morgan fingerprint density at radius 3 is 2.88 bits per heavy atom. The minimum atomic E-state index is 0.113. The average molecular weight is 250 g/mol. The van der Waals surface area contributed by atoms with Crippen molar-refractivity contribution < 1.29 is 9.84 Å². The summed E-state index contributed by atoms with van der Waals surface area (Å²) in [6.07, 6.45) is 0.519. The summed E-state index contributed by atoms with van der Waals surface area (Å²) < 4.78 is 5.32. The molecule has 1 aromatic rings. The summed E-state index contributed by atoms with van der Waals surface area (Å²) in [6, 6.07) is 5.96. The van der Waals surface area contributed by atoms with Crippen molar-refractivity contribution in [2.45, 2.75) is 19.1 Å². The zero-order chi connectivity index (χ0) is 12.5. The predicted molar refractivity (Wildman–Crippen MR) is 73.4 cm³/mol. The molecule has 0 saturated heterocycles. The molecule has 0 aliphatic carbocycles. The van der Waals surface area contributed by atoms with Gasteiger partial charge in [-0.3, -0.25) is 0 Å². The van der Waals surface area contributed by atoms with Crippen LogP contribution in [0.4, 0.5) is 0 Å². The van der Waals surface area contributed by atoms with Crippen molar-refractivity contribution >= 4 is 11.8 Å². The molecule has 1 aromatic carbocycles. The molecule has 0 unspecified atom stereocenters. The number of benzene rings is 1. The van der Waals surface area contributed by atoms with Gasteiger partial charge in [-0.25, -0.2) is 0 Å². The molecule has 0 spiro atoms. The number of ether oxygens (including phenoxy) is 1. The van der Waals surface area contributed by atoms with Gasteiger partial charge in [0.15, 0.2) is 0 Å². The minimum absolute atomic E-state index is 0.113. The van der Waals surface area contributed by atoms with Gasteiger partial charge in [-0.1, -0.05) is 18.8 Å². The highest BCUT2D eigenvalue weighted by Gasteiger charge is 2.03. The third-order valence-electron chi connectivity index (χ3n) is 2.21. The van der Waals surface area contributed by atoms with E-state index in [4.69, 9.17) is 9.84 Å². The van der Waals surface area contributed by atoms with E-state index in [0.29, 0.717) is 6.42 Å². The summed E-state index contributed by atoms with van der Waals surface area (Å²) in [7, 11) is 1.69. The van der Waals surface area contributed by atoms with Crippen LogP contribution >= 0.6 is 11.8 Å². The van der Waals surface area contributed by atoms with Crippen LogP contribution in [0.3, 0.4) is 0 Å². The molecule has 0 fully saturated rings. The first-order chi connectivity index (χ1) is 8.31. The van der Waals surface area contributed by atoms with Crippen molar-refractivity contribution in [1.82, 2.24) is 0 Å². The van der Waals surface area contributed by atoms with E-state index < -0.39 is 0 Å². The molecular weight excluding hydrogens is 232 g/mol. The highest BCUT2D eigenvalue weighted by atomic mass is 32.2. The first-order valence-electron chi connectivity index (χ1n) is 5.66. The number of aliphatic hydroxyl groups is 1. The smallest absolute Gasteiger partial charge is 0.122 e. The second-order valence-corrected chi connectivity index (χ2v) is 4.71. The molecule has 0 atom stereocenters. The number of methoxy groups -OCH3 is 1. The standard InChI is InChI=1S/C14H18O2S/c1-3-17-11-13-10-12(6-4-5-9-15)7-8-14(13)16-2/h7-8,10,15H,3,5,9,11H2,1-2H3. The lowest BCUT2D eigenvalue weighted by atomic mass is 10.1. The van der Waals surface area contributed by atoms with Gasteiger partial charge in [0.1, 0.15) is 5.75 Å². The van der Waals surface area contributed by atoms with E-state index in [0.717, 1.165) is 22.8 Å². The third kappa shape index (κ3) is 4.72. The molecule has 1 N–H and O–H groups in total. The van der Waals surface area contributed by atoms with Gasteiger partial charge >= 0.3 is 0 Å². The maximum absolute atomic E-state index is 8.67. The molecule has 0 radical (unpaired) electrons. The summed E-state index contributed by atoms with van der Waals surface area (Å²) in [5, 5.41) is 8.67. The van der Waals surface area contributed by atoms with Gasteiger partial charge in [0.05, 0.1) is 13.7 Å². The molecule has 0 heterocycles. The van der Waals surface area contributed by atoms with E-state index in [-0.39, 0.29) is 6.61 Å². The zero-order valence-corrected chi connectivity index (χ0v) is 11.1. The van der Waals surface area contributed by atoms with Gasteiger partial charge in [-0.05, 0) is 24.0 Å². The summed E-state index contributed by atoms with van der Waals surface area (Å²) in [6.45, 7) is 2.25. The quantitative estimate of drug-likeness (QED) is 0.815. The average Bonchev–Trinajstić information content (AvgIpc) is 2.37. The molecule has 0 amide bonds. The summed E-state index contributed by atoms with van der Waals surface area (Å²) in [5.74, 6) is 8.91. The fourth-order valence-corrected chi connectivity index (χ4v) is 2.05. The lowest BCUT2D eigenvalue weighted by molar-refractivity contribution is 0.305. The Morgan fingerprint density at radius 1 is 1.41 bits per heavy atom. The Morgan fingerprint density at radius 2 is 2.24 bits per heavy atom. The van der Waals surface area contributed by atoms with E-state index in [1.807, 2.05) is 23.9 Å². The molecule has 0 aliphatic heterocycles. The van der Waals surface area contributed by atoms with E-state index in [9.17, 15) is 0 Å². The Bertz CT molecular complexity index is 404. The normalized spacial score (nSPS) is 9.59. The van der Waals surface area contributed by atoms with Gasteiger partial charge < -0.3 is 9.84 Å². The van der Waals surface area contributed by atoms with E-state index in [1.165, 1.54) is 5.56 Å². The highest BCUT2D eigenvalue weighted by Crippen LogP contribution is 2.24. The van der Waals surface area contributed by atoms with Crippen LogP contribution in [0, 0.1) is 11.8 Å². The Hall–Kier alpha value is -1.11. The SMILES string of the molecule is CCSCc1cc(C#CCCO)ccc1OC. The molecule has 2 nitrogen and oxygen atoms in total. The Kier molecular flexibility index (Phi) is 6.61. The molecule has 92 valence electrons. The number of rotatable bonds is 5. The van der Waals surface area contributed by atoms with Crippen molar-refractivity contribution in [2.75, 3.05) is 19.5 Å². The van der Waals surface area contributed by atoms with Crippen molar-refractivity contribution in [3.8, 4) is 17.6 Å². The Balaban J connectivity index is 2.85. The monoisotopic (exact) mass is 250 g/mol. The van der Waals surface area contributed by atoms with E-state index in [1.54, 1.807) is 7.11 Å². The van der Waals surface area contributed by atoms with Crippen molar-refractivity contribution in [1.29, 1.82) is 0 Å². The van der Waals surface area contributed by atoms with E-state index >= 15 is 0 Å². The van der Waals surface area contributed by atoms with Crippen LogP contribution < -0.4 is 4.74 Å². The largest absolute Gasteiger partial charge is 0.496 e. The molecule has 0 aromatic heterocycles. The maximum atomic E-state index is 8.67. The lowest BCUT2D eigenvalue weighted by Crippen LogP contribution is -1.92. The summed E-state index contributed by atoms with van der Waals surface area (Å²) >= 11 is 1.86. The topological polar surface area (TPSA) is 29.5 Å². The second kappa shape index (κ2) is 8.05. The molecule has 0 bridgehead atoms. The van der Waals surface area contributed by atoms with Crippen molar-refractivity contribution in [2.24, 2.45) is 0 Å². The van der Waals surface area contributed by atoms with Gasteiger partial charge in [0.25, 0.3) is 0 Å². The summed E-state index contributed by atoms with van der Waals surface area (Å²) in [5.41, 5.74) is 2.15. The number of hydrogen-bond donors (Lipinski definition) is 1. The molecule has 0 saturated carbocycles. The molecule has 3 heteroatoms. The molecular formula is C14H18O2S. The van der Waals surface area contributed by atoms with Gasteiger partial charge in [-0.2, -0.15) is 11.8 Å². The van der Waals surface area contributed by atoms with Crippen LogP contribution in [0.5, 0.6) is 5.75 Å². The summed E-state index contributed by atoms with van der Waals surface area (Å²) in [4.78, 5) is 0. The molecule has 17 heavy (non-hydrogen) atoms. The van der Waals surface area contributed by atoms with Gasteiger partial charge in [0.2, 0.25) is 0 Å². The van der Waals surface area contributed by atoms with Gasteiger partial charge in [-0.15, -0.1) is 0 Å². The van der Waals surface area contributed by atoms with Crippen LogP contribution in [0.2, 0.25) is 0 Å². The highest BCUT2D eigenvalue weighted by molar-refractivity contribution is 7.98. The van der Waals surface area contributed by atoms with E-state index in [2.05, 4.69) is 24.8 Å². The fraction of sp³-hybridized carbons (Fsp3) is 0.429. The van der Waals surface area contributed by atoms with Crippen LogP contribution in [-0.4, -0.2) is 24.6 Å². The maximum Gasteiger partial charge on any atom is 0.122 e. The van der Waals surface area contributed by atoms with Crippen LogP contribution in [0.15, 0.2) is 18.2 Å². The van der Waals surface area contributed by atoms with Crippen molar-refractivity contribution in [3.63, 3.8) is 0 Å². The second-order valence-electron chi connectivity index (χ2n) is 3.44. The molecule has 0 aliphatic rings. The zero-order valence-electron chi connectivity index (χ0n) is 10.3.